The van der Waals surface area contributed by atoms with Gasteiger partial charge in [0.1, 0.15) is 0 Å². The summed E-state index contributed by atoms with van der Waals surface area (Å²) in [6, 6.07) is 13.2. The van der Waals surface area contributed by atoms with E-state index in [0.717, 1.165) is 16.3 Å². The van der Waals surface area contributed by atoms with E-state index >= 15 is 0 Å². The summed E-state index contributed by atoms with van der Waals surface area (Å²) in [7, 11) is 0. The molecule has 2 nitrogen and oxygen atoms in total. The third-order valence-corrected chi connectivity index (χ3v) is 3.18. The number of anilines is 2. The lowest BCUT2D eigenvalue weighted by Gasteiger charge is -2.11. The number of nitrogens with two attached hydrogens (primary N) is 1. The number of hydrogen-bond acceptors (Lipinski definition) is 2. The summed E-state index contributed by atoms with van der Waals surface area (Å²) in [5, 5.41) is 4.50. The summed E-state index contributed by atoms with van der Waals surface area (Å²) in [5.41, 5.74) is 8.25. The topological polar surface area (TPSA) is 38.0 Å². The van der Waals surface area contributed by atoms with E-state index in [1.807, 2.05) is 36.4 Å². The third kappa shape index (κ3) is 2.84. The SMILES string of the molecule is Nc1c(Cl)cccc1NCc1ccccc1Cl. The quantitative estimate of drug-likeness (QED) is 0.818. The first kappa shape index (κ1) is 12.1. The van der Waals surface area contributed by atoms with Gasteiger partial charge < -0.3 is 11.1 Å². The monoisotopic (exact) mass is 266 g/mol. The van der Waals surface area contributed by atoms with Gasteiger partial charge in [0.05, 0.1) is 16.4 Å². The zero-order valence-corrected chi connectivity index (χ0v) is 10.6. The van der Waals surface area contributed by atoms with E-state index in [0.29, 0.717) is 17.3 Å². The maximum atomic E-state index is 6.06. The van der Waals surface area contributed by atoms with Gasteiger partial charge in [0, 0.05) is 11.6 Å². The van der Waals surface area contributed by atoms with Crippen molar-refractivity contribution in [2.45, 2.75) is 6.54 Å². The Morgan fingerprint density at radius 2 is 1.65 bits per heavy atom. The van der Waals surface area contributed by atoms with Crippen LogP contribution in [0.15, 0.2) is 42.5 Å². The Hall–Kier alpha value is -1.38. The van der Waals surface area contributed by atoms with Crippen LogP contribution < -0.4 is 11.1 Å². The molecule has 0 amide bonds. The molecule has 0 saturated carbocycles. The van der Waals surface area contributed by atoms with E-state index in [9.17, 15) is 0 Å². The first-order chi connectivity index (χ1) is 8.18. The summed E-state index contributed by atoms with van der Waals surface area (Å²) >= 11 is 12.0. The van der Waals surface area contributed by atoms with E-state index < -0.39 is 0 Å². The fourth-order valence-electron chi connectivity index (χ4n) is 1.52. The molecular formula is C13H12Cl2N2. The van der Waals surface area contributed by atoms with Crippen molar-refractivity contribution in [1.82, 2.24) is 0 Å². The van der Waals surface area contributed by atoms with Gasteiger partial charge in [0.15, 0.2) is 0 Å². The molecule has 0 aromatic heterocycles. The molecule has 2 aromatic carbocycles. The fraction of sp³-hybridized carbons (Fsp3) is 0.0769. The van der Waals surface area contributed by atoms with Crippen molar-refractivity contribution in [1.29, 1.82) is 0 Å². The molecule has 88 valence electrons. The first-order valence-corrected chi connectivity index (χ1v) is 5.95. The normalized spacial score (nSPS) is 10.2. The number of benzene rings is 2. The van der Waals surface area contributed by atoms with Crippen LogP contribution in [0.25, 0.3) is 0 Å². The van der Waals surface area contributed by atoms with E-state index in [-0.39, 0.29) is 0 Å². The molecule has 2 rings (SSSR count). The Morgan fingerprint density at radius 1 is 0.941 bits per heavy atom. The van der Waals surface area contributed by atoms with Gasteiger partial charge in [-0.3, -0.25) is 0 Å². The molecule has 2 aromatic rings. The number of nitrogens with one attached hydrogen (secondary N) is 1. The molecular weight excluding hydrogens is 255 g/mol. The maximum absolute atomic E-state index is 6.06. The van der Waals surface area contributed by atoms with Crippen molar-refractivity contribution in [3.05, 3.63) is 58.1 Å². The smallest absolute Gasteiger partial charge is 0.0739 e. The second-order valence-electron chi connectivity index (χ2n) is 3.65. The van der Waals surface area contributed by atoms with Crippen molar-refractivity contribution >= 4 is 34.6 Å². The summed E-state index contributed by atoms with van der Waals surface area (Å²) < 4.78 is 0. The summed E-state index contributed by atoms with van der Waals surface area (Å²) in [6.45, 7) is 0.615. The lowest BCUT2D eigenvalue weighted by atomic mass is 10.2. The van der Waals surface area contributed by atoms with Crippen LogP contribution in [0.1, 0.15) is 5.56 Å². The van der Waals surface area contributed by atoms with Crippen molar-refractivity contribution in [3.63, 3.8) is 0 Å². The van der Waals surface area contributed by atoms with Crippen LogP contribution in [0.3, 0.4) is 0 Å². The predicted molar refractivity (Wildman–Crippen MR) is 74.6 cm³/mol. The minimum Gasteiger partial charge on any atom is -0.396 e. The standard InChI is InChI=1S/C13H12Cl2N2/c14-10-5-2-1-4-9(10)8-17-12-7-3-6-11(15)13(12)16/h1-7,17H,8,16H2. The van der Waals surface area contributed by atoms with Crippen molar-refractivity contribution in [3.8, 4) is 0 Å². The van der Waals surface area contributed by atoms with E-state index in [4.69, 9.17) is 28.9 Å². The molecule has 3 N–H and O–H groups in total. The molecule has 0 unspecified atom stereocenters. The third-order valence-electron chi connectivity index (χ3n) is 2.48. The van der Waals surface area contributed by atoms with Crippen molar-refractivity contribution < 1.29 is 0 Å². The summed E-state index contributed by atoms with van der Waals surface area (Å²) in [5.74, 6) is 0. The van der Waals surface area contributed by atoms with Gasteiger partial charge in [-0.05, 0) is 23.8 Å². The molecule has 0 aliphatic heterocycles. The molecule has 0 fully saturated rings. The molecule has 0 saturated heterocycles. The van der Waals surface area contributed by atoms with E-state index in [1.54, 1.807) is 6.07 Å². The van der Waals surface area contributed by atoms with Crippen LogP contribution in [-0.2, 0) is 6.54 Å². The highest BCUT2D eigenvalue weighted by Gasteiger charge is 2.03. The second kappa shape index (κ2) is 5.30. The van der Waals surface area contributed by atoms with Crippen LogP contribution in [0, 0.1) is 0 Å². The first-order valence-electron chi connectivity index (χ1n) is 5.20. The highest BCUT2D eigenvalue weighted by molar-refractivity contribution is 6.33. The Kier molecular flexibility index (Phi) is 3.77. The highest BCUT2D eigenvalue weighted by atomic mass is 35.5. The maximum Gasteiger partial charge on any atom is 0.0739 e. The molecule has 0 bridgehead atoms. The highest BCUT2D eigenvalue weighted by Crippen LogP contribution is 2.27. The average molecular weight is 267 g/mol. The number of rotatable bonds is 3. The molecule has 4 heteroatoms. The summed E-state index contributed by atoms with van der Waals surface area (Å²) in [6.07, 6.45) is 0. The molecule has 0 aliphatic carbocycles. The Balaban J connectivity index is 2.13. The Labute approximate surface area is 110 Å². The zero-order chi connectivity index (χ0) is 12.3. The van der Waals surface area contributed by atoms with Crippen molar-refractivity contribution in [2.75, 3.05) is 11.1 Å². The van der Waals surface area contributed by atoms with Gasteiger partial charge in [-0.15, -0.1) is 0 Å². The molecule has 17 heavy (non-hydrogen) atoms. The molecule has 0 aliphatic rings. The Morgan fingerprint density at radius 3 is 2.41 bits per heavy atom. The lowest BCUT2D eigenvalue weighted by Crippen LogP contribution is -2.03. The minimum atomic E-state index is 0.550. The largest absolute Gasteiger partial charge is 0.396 e. The lowest BCUT2D eigenvalue weighted by molar-refractivity contribution is 1.15. The molecule has 0 heterocycles. The Bertz CT molecular complexity index is 527. The predicted octanol–water partition coefficient (Wildman–Crippen LogP) is 4.19. The van der Waals surface area contributed by atoms with E-state index in [1.165, 1.54) is 0 Å². The van der Waals surface area contributed by atoms with Gasteiger partial charge in [-0.1, -0.05) is 47.5 Å². The van der Waals surface area contributed by atoms with E-state index in [2.05, 4.69) is 5.32 Å². The average Bonchev–Trinajstić information content (AvgIpc) is 2.33. The van der Waals surface area contributed by atoms with Crippen LogP contribution in [0.2, 0.25) is 10.0 Å². The molecule has 0 atom stereocenters. The second-order valence-corrected chi connectivity index (χ2v) is 4.46. The molecule has 0 spiro atoms. The van der Waals surface area contributed by atoms with Gasteiger partial charge in [0.25, 0.3) is 0 Å². The van der Waals surface area contributed by atoms with Crippen LogP contribution in [-0.4, -0.2) is 0 Å². The van der Waals surface area contributed by atoms with Gasteiger partial charge in [-0.25, -0.2) is 0 Å². The van der Waals surface area contributed by atoms with Gasteiger partial charge in [0.2, 0.25) is 0 Å². The number of para-hydroxylation sites is 1. The van der Waals surface area contributed by atoms with Gasteiger partial charge in [-0.2, -0.15) is 0 Å². The number of nitrogen functional groups attached to an aromatic ring is 1. The van der Waals surface area contributed by atoms with Crippen LogP contribution in [0.5, 0.6) is 0 Å². The number of hydrogen-bond donors (Lipinski definition) is 2. The molecule has 0 radical (unpaired) electrons. The van der Waals surface area contributed by atoms with Crippen LogP contribution >= 0.6 is 23.2 Å². The number of halogens is 2. The minimum absolute atomic E-state index is 0.550. The summed E-state index contributed by atoms with van der Waals surface area (Å²) in [4.78, 5) is 0. The van der Waals surface area contributed by atoms with Crippen LogP contribution in [0.4, 0.5) is 11.4 Å². The van der Waals surface area contributed by atoms with Gasteiger partial charge >= 0.3 is 0 Å². The fourth-order valence-corrected chi connectivity index (χ4v) is 1.90. The zero-order valence-electron chi connectivity index (χ0n) is 9.08. The van der Waals surface area contributed by atoms with Crippen molar-refractivity contribution in [2.24, 2.45) is 0 Å².